The lowest BCUT2D eigenvalue weighted by atomic mass is 9.47. The van der Waals surface area contributed by atoms with Crippen molar-refractivity contribution in [3.8, 4) is 0 Å². The molecule has 0 aromatic rings. The van der Waals surface area contributed by atoms with Gasteiger partial charge in [-0.25, -0.2) is 0 Å². The fourth-order valence-corrected chi connectivity index (χ4v) is 9.20. The summed E-state index contributed by atoms with van der Waals surface area (Å²) < 4.78 is 0. The van der Waals surface area contributed by atoms with E-state index in [0.717, 1.165) is 36.0 Å². The molecule has 1 unspecified atom stereocenters. The van der Waals surface area contributed by atoms with Gasteiger partial charge in [0.25, 0.3) is 0 Å². The van der Waals surface area contributed by atoms with Crippen molar-refractivity contribution in [2.75, 3.05) is 0 Å². The Morgan fingerprint density at radius 2 is 1.93 bits per heavy atom. The molecule has 0 aliphatic heterocycles. The van der Waals surface area contributed by atoms with Gasteiger partial charge in [0.05, 0.1) is 6.26 Å². The molecule has 0 radical (unpaired) electrons. The predicted molar refractivity (Wildman–Crippen MR) is 128 cm³/mol. The maximum atomic E-state index is 9.46. The molecule has 3 fully saturated rings. The van der Waals surface area contributed by atoms with Crippen molar-refractivity contribution in [3.05, 3.63) is 23.5 Å². The van der Waals surface area contributed by atoms with Gasteiger partial charge in [-0.15, -0.1) is 0 Å². The van der Waals surface area contributed by atoms with Crippen molar-refractivity contribution in [3.63, 3.8) is 0 Å². The van der Waals surface area contributed by atoms with Gasteiger partial charge in [0.1, 0.15) is 0 Å². The Labute approximate surface area is 186 Å². The second-order valence-corrected chi connectivity index (χ2v) is 12.2. The fourth-order valence-electron chi connectivity index (χ4n) is 9.20. The van der Waals surface area contributed by atoms with E-state index in [4.69, 9.17) is 0 Å². The minimum Gasteiger partial charge on any atom is -0.516 e. The first-order chi connectivity index (χ1) is 14.3. The quantitative estimate of drug-likeness (QED) is 0.341. The van der Waals surface area contributed by atoms with Gasteiger partial charge in [0.2, 0.25) is 0 Å². The van der Waals surface area contributed by atoms with Crippen LogP contribution in [0.5, 0.6) is 0 Å². The molecule has 1 nitrogen and oxygen atoms in total. The molecule has 8 atom stereocenters. The molecule has 0 saturated heterocycles. The van der Waals surface area contributed by atoms with Gasteiger partial charge in [-0.05, 0) is 129 Å². The van der Waals surface area contributed by atoms with Crippen molar-refractivity contribution >= 4 is 0 Å². The van der Waals surface area contributed by atoms with E-state index in [-0.39, 0.29) is 0 Å². The summed E-state index contributed by atoms with van der Waals surface area (Å²) in [7, 11) is 0. The molecular formula is C29H48O. The normalized spacial score (nSPS) is 43.2. The average molecular weight is 413 g/mol. The highest BCUT2D eigenvalue weighted by Crippen LogP contribution is 2.67. The van der Waals surface area contributed by atoms with Crippen molar-refractivity contribution in [2.24, 2.45) is 46.3 Å². The summed E-state index contributed by atoms with van der Waals surface area (Å²) in [6.45, 7) is 12.3. The third-order valence-electron chi connectivity index (χ3n) is 11.1. The van der Waals surface area contributed by atoms with E-state index in [1.807, 2.05) is 5.57 Å². The van der Waals surface area contributed by atoms with Crippen molar-refractivity contribution in [1.29, 1.82) is 0 Å². The van der Waals surface area contributed by atoms with Crippen LogP contribution in [0.4, 0.5) is 0 Å². The maximum Gasteiger partial charge on any atom is 0.0783 e. The van der Waals surface area contributed by atoms with Gasteiger partial charge in [-0.1, -0.05) is 45.8 Å². The summed E-state index contributed by atoms with van der Waals surface area (Å²) in [5.41, 5.74) is 4.13. The number of allylic oxidation sites excluding steroid dienone is 3. The van der Waals surface area contributed by atoms with E-state index >= 15 is 0 Å². The summed E-state index contributed by atoms with van der Waals surface area (Å²) >= 11 is 0. The summed E-state index contributed by atoms with van der Waals surface area (Å²) in [5.74, 6) is 5.16. The van der Waals surface area contributed by atoms with Crippen LogP contribution in [0, 0.1) is 46.3 Å². The first-order valence-corrected chi connectivity index (χ1v) is 13.4. The number of hydrogen-bond donors (Lipinski definition) is 1. The second kappa shape index (κ2) is 8.67. The fraction of sp³-hybridized carbons (Fsp3) is 0.862. The molecule has 4 rings (SSSR count). The summed E-state index contributed by atoms with van der Waals surface area (Å²) in [5, 5.41) is 9.46. The molecule has 4 aliphatic rings. The van der Waals surface area contributed by atoms with Crippen molar-refractivity contribution in [2.45, 2.75) is 112 Å². The van der Waals surface area contributed by atoms with Crippen molar-refractivity contribution in [1.82, 2.24) is 0 Å². The van der Waals surface area contributed by atoms with Crippen LogP contribution in [0.3, 0.4) is 0 Å². The van der Waals surface area contributed by atoms with E-state index in [2.05, 4.69) is 40.7 Å². The van der Waals surface area contributed by atoms with E-state index < -0.39 is 0 Å². The van der Waals surface area contributed by atoms with Crippen LogP contribution in [-0.2, 0) is 0 Å². The molecule has 0 heterocycles. The molecular weight excluding hydrogens is 364 g/mol. The number of fused-ring (bicyclic) bond motifs is 5. The SMILES string of the molecule is CCC(CC[C@@H](C)[C@H]1CC[C@H]2[C@@H]3CC=C4CCCC[C@]4(C)[C@H]3CC[C@]12C)C(C)=CO. The second-order valence-electron chi connectivity index (χ2n) is 12.2. The molecule has 1 N–H and O–H groups in total. The Morgan fingerprint density at radius 3 is 2.67 bits per heavy atom. The predicted octanol–water partition coefficient (Wildman–Crippen LogP) is 8.86. The van der Waals surface area contributed by atoms with Crippen LogP contribution in [0.25, 0.3) is 0 Å². The Balaban J connectivity index is 1.47. The van der Waals surface area contributed by atoms with Gasteiger partial charge < -0.3 is 5.11 Å². The maximum absolute atomic E-state index is 9.46. The number of hydrogen-bond acceptors (Lipinski definition) is 1. The van der Waals surface area contributed by atoms with Gasteiger partial charge >= 0.3 is 0 Å². The monoisotopic (exact) mass is 412 g/mol. The first-order valence-electron chi connectivity index (χ1n) is 13.4. The smallest absolute Gasteiger partial charge is 0.0783 e. The third kappa shape index (κ3) is 3.61. The van der Waals surface area contributed by atoms with Crippen LogP contribution < -0.4 is 0 Å². The molecule has 1 heteroatoms. The minimum atomic E-state index is 0.536. The standard InChI is InChI=1S/C29H48O/c1-6-22(21(3)19-30)11-10-20(2)25-14-15-26-24-13-12-23-9-7-8-17-28(23,4)27(24)16-18-29(25,26)5/h12,19-20,22,24-27,30H,6-11,13-18H2,1-5H3/t20-,22?,24+,25-,26+,27+,28+,29-/m1/s1. The lowest BCUT2D eigenvalue weighted by molar-refractivity contribution is -0.0501. The largest absolute Gasteiger partial charge is 0.516 e. The van der Waals surface area contributed by atoms with Gasteiger partial charge in [-0.3, -0.25) is 0 Å². The number of rotatable bonds is 6. The van der Waals surface area contributed by atoms with Gasteiger partial charge in [0.15, 0.2) is 0 Å². The summed E-state index contributed by atoms with van der Waals surface area (Å²) in [4.78, 5) is 0. The molecule has 0 aromatic heterocycles. The van der Waals surface area contributed by atoms with Gasteiger partial charge in [-0.2, -0.15) is 0 Å². The zero-order chi connectivity index (χ0) is 21.5. The van der Waals surface area contributed by atoms with Crippen LogP contribution in [-0.4, -0.2) is 5.11 Å². The van der Waals surface area contributed by atoms with Crippen LogP contribution in [0.15, 0.2) is 23.5 Å². The molecule has 3 saturated carbocycles. The lowest BCUT2D eigenvalue weighted by Gasteiger charge is -2.58. The number of aliphatic hydroxyl groups excluding tert-OH is 1. The Bertz CT molecular complexity index is 674. The van der Waals surface area contributed by atoms with E-state index in [0.29, 0.717) is 16.7 Å². The average Bonchev–Trinajstić information content (AvgIpc) is 3.10. The Hall–Kier alpha value is -0.720. The number of aliphatic hydroxyl groups is 1. The van der Waals surface area contributed by atoms with E-state index in [1.165, 1.54) is 82.5 Å². The zero-order valence-electron chi connectivity index (χ0n) is 20.6. The molecule has 0 spiro atoms. The van der Waals surface area contributed by atoms with Crippen molar-refractivity contribution < 1.29 is 5.11 Å². The van der Waals surface area contributed by atoms with E-state index in [9.17, 15) is 5.11 Å². The summed E-state index contributed by atoms with van der Waals surface area (Å²) in [6.07, 6.45) is 20.8. The van der Waals surface area contributed by atoms with Crippen LogP contribution >= 0.6 is 0 Å². The molecule has 0 aromatic carbocycles. The highest BCUT2D eigenvalue weighted by molar-refractivity contribution is 5.24. The molecule has 4 aliphatic carbocycles. The van der Waals surface area contributed by atoms with Crippen LogP contribution in [0.2, 0.25) is 0 Å². The van der Waals surface area contributed by atoms with E-state index in [1.54, 1.807) is 0 Å². The first kappa shape index (κ1) is 22.5. The topological polar surface area (TPSA) is 20.2 Å². The molecule has 30 heavy (non-hydrogen) atoms. The highest BCUT2D eigenvalue weighted by atomic mass is 16.2. The van der Waals surface area contributed by atoms with Crippen LogP contribution in [0.1, 0.15) is 112 Å². The molecule has 0 amide bonds. The molecule has 0 bridgehead atoms. The van der Waals surface area contributed by atoms with Gasteiger partial charge in [0, 0.05) is 0 Å². The highest BCUT2D eigenvalue weighted by Gasteiger charge is 2.58. The lowest BCUT2D eigenvalue weighted by Crippen LogP contribution is -2.50. The minimum absolute atomic E-state index is 0.536. The summed E-state index contributed by atoms with van der Waals surface area (Å²) in [6, 6.07) is 0. The Morgan fingerprint density at radius 1 is 1.13 bits per heavy atom. The molecule has 170 valence electrons. The Kier molecular flexibility index (Phi) is 6.49. The zero-order valence-corrected chi connectivity index (χ0v) is 20.6. The third-order valence-corrected chi connectivity index (χ3v) is 11.1.